The highest BCUT2D eigenvalue weighted by Gasteiger charge is 2.23. The fraction of sp³-hybridized carbons (Fsp3) is 0.647. The van der Waals surface area contributed by atoms with E-state index in [1.807, 2.05) is 12.1 Å². The van der Waals surface area contributed by atoms with Crippen molar-refractivity contribution >= 4 is 0 Å². The summed E-state index contributed by atoms with van der Waals surface area (Å²) in [4.78, 5) is 2.31. The summed E-state index contributed by atoms with van der Waals surface area (Å²) in [5.41, 5.74) is 7.17. The van der Waals surface area contributed by atoms with Gasteiger partial charge in [0.15, 0.2) is 0 Å². The number of hydrogen-bond donors (Lipinski definition) is 1. The van der Waals surface area contributed by atoms with Crippen LogP contribution < -0.4 is 5.73 Å². The quantitative estimate of drug-likeness (QED) is 0.890. The minimum Gasteiger partial charge on any atom is -0.326 e. The average molecular weight is 278 g/mol. The zero-order valence-electron chi connectivity index (χ0n) is 12.7. The molecule has 1 aromatic rings. The molecular weight excluding hydrogens is 251 g/mol. The Hall–Kier alpha value is -0.930. The van der Waals surface area contributed by atoms with E-state index in [2.05, 4.69) is 18.9 Å². The fourth-order valence-corrected chi connectivity index (χ4v) is 3.24. The van der Waals surface area contributed by atoms with Gasteiger partial charge in [-0.2, -0.15) is 0 Å². The number of nitrogens with two attached hydrogens (primary N) is 1. The normalized spacial score (nSPS) is 23.2. The van der Waals surface area contributed by atoms with Gasteiger partial charge in [0, 0.05) is 24.7 Å². The van der Waals surface area contributed by atoms with Crippen LogP contribution in [0.5, 0.6) is 0 Å². The van der Waals surface area contributed by atoms with Gasteiger partial charge in [-0.25, -0.2) is 4.39 Å². The molecule has 20 heavy (non-hydrogen) atoms. The Morgan fingerprint density at radius 3 is 2.50 bits per heavy atom. The van der Waals surface area contributed by atoms with Gasteiger partial charge in [0.05, 0.1) is 0 Å². The van der Waals surface area contributed by atoms with Gasteiger partial charge in [0.25, 0.3) is 0 Å². The van der Waals surface area contributed by atoms with Crippen LogP contribution in [0.2, 0.25) is 0 Å². The van der Waals surface area contributed by atoms with Crippen molar-refractivity contribution in [2.45, 2.75) is 58.2 Å². The van der Waals surface area contributed by atoms with Crippen molar-refractivity contribution in [3.05, 3.63) is 35.1 Å². The van der Waals surface area contributed by atoms with Crippen LogP contribution in [0.1, 0.15) is 50.2 Å². The van der Waals surface area contributed by atoms with E-state index < -0.39 is 0 Å². The Balaban J connectivity index is 1.93. The molecule has 1 fully saturated rings. The van der Waals surface area contributed by atoms with Gasteiger partial charge >= 0.3 is 0 Å². The van der Waals surface area contributed by atoms with Gasteiger partial charge in [-0.15, -0.1) is 0 Å². The lowest BCUT2D eigenvalue weighted by Gasteiger charge is -2.34. The summed E-state index contributed by atoms with van der Waals surface area (Å²) in [6.07, 6.45) is 6.43. The van der Waals surface area contributed by atoms with Crippen LogP contribution >= 0.6 is 0 Å². The summed E-state index contributed by atoms with van der Waals surface area (Å²) < 4.78 is 14.0. The van der Waals surface area contributed by atoms with E-state index in [4.69, 9.17) is 5.73 Å². The number of hydrogen-bond acceptors (Lipinski definition) is 2. The highest BCUT2D eigenvalue weighted by Crippen LogP contribution is 2.29. The molecule has 0 amide bonds. The summed E-state index contributed by atoms with van der Waals surface area (Å²) in [6, 6.07) is 5.98. The largest absolute Gasteiger partial charge is 0.326 e. The van der Waals surface area contributed by atoms with E-state index in [-0.39, 0.29) is 5.82 Å². The Bertz CT molecular complexity index is 425. The van der Waals surface area contributed by atoms with E-state index >= 15 is 0 Å². The van der Waals surface area contributed by atoms with E-state index in [1.165, 1.54) is 32.1 Å². The van der Waals surface area contributed by atoms with Gasteiger partial charge in [-0.3, -0.25) is 4.90 Å². The second-order valence-corrected chi connectivity index (χ2v) is 6.13. The molecule has 1 aliphatic carbocycles. The zero-order chi connectivity index (χ0) is 14.5. The predicted molar refractivity (Wildman–Crippen MR) is 81.8 cm³/mol. The van der Waals surface area contributed by atoms with E-state index in [9.17, 15) is 4.39 Å². The molecule has 0 unspecified atom stereocenters. The number of nitrogens with zero attached hydrogens (tertiary/aromatic N) is 1. The Morgan fingerprint density at radius 2 is 1.95 bits per heavy atom. The number of halogens is 1. The molecular formula is C17H27FN2. The van der Waals surface area contributed by atoms with Crippen LogP contribution in [-0.4, -0.2) is 18.0 Å². The molecule has 0 aromatic heterocycles. The van der Waals surface area contributed by atoms with Gasteiger partial charge < -0.3 is 5.73 Å². The lowest BCUT2D eigenvalue weighted by molar-refractivity contribution is 0.156. The fourth-order valence-electron chi connectivity index (χ4n) is 3.24. The zero-order valence-corrected chi connectivity index (χ0v) is 12.7. The molecule has 3 heteroatoms. The molecule has 1 aromatic carbocycles. The molecule has 0 heterocycles. The Morgan fingerprint density at radius 1 is 1.25 bits per heavy atom. The molecule has 0 bridgehead atoms. The van der Waals surface area contributed by atoms with Crippen LogP contribution in [0, 0.1) is 11.7 Å². The van der Waals surface area contributed by atoms with Crippen molar-refractivity contribution in [3.8, 4) is 0 Å². The molecule has 1 saturated carbocycles. The van der Waals surface area contributed by atoms with Crippen LogP contribution in [0.4, 0.5) is 4.39 Å². The predicted octanol–water partition coefficient (Wildman–Crippen LogP) is 3.69. The minimum atomic E-state index is -0.123. The summed E-state index contributed by atoms with van der Waals surface area (Å²) in [5, 5.41) is 0. The maximum Gasteiger partial charge on any atom is 0.128 e. The summed E-state index contributed by atoms with van der Waals surface area (Å²) in [6.45, 7) is 3.37. The van der Waals surface area contributed by atoms with Crippen molar-refractivity contribution in [1.29, 1.82) is 0 Å². The van der Waals surface area contributed by atoms with Gasteiger partial charge in [0.2, 0.25) is 0 Å². The summed E-state index contributed by atoms with van der Waals surface area (Å²) >= 11 is 0. The molecule has 0 spiro atoms. The first-order valence-corrected chi connectivity index (χ1v) is 7.81. The summed E-state index contributed by atoms with van der Waals surface area (Å²) in [7, 11) is 2.12. The van der Waals surface area contributed by atoms with Crippen LogP contribution in [0.3, 0.4) is 0 Å². The second-order valence-electron chi connectivity index (χ2n) is 6.13. The maximum atomic E-state index is 14.0. The molecule has 0 aliphatic heterocycles. The molecule has 0 atom stereocenters. The van der Waals surface area contributed by atoms with E-state index in [0.717, 1.165) is 17.0 Å². The van der Waals surface area contributed by atoms with Crippen molar-refractivity contribution < 1.29 is 4.39 Å². The van der Waals surface area contributed by atoms with E-state index in [1.54, 1.807) is 6.07 Å². The SMILES string of the molecule is CCC1CCC(N(C)Cc2ccc(CN)cc2F)CC1. The van der Waals surface area contributed by atoms with Crippen molar-refractivity contribution in [2.24, 2.45) is 11.7 Å². The van der Waals surface area contributed by atoms with Crippen molar-refractivity contribution in [1.82, 2.24) is 4.90 Å². The third-order valence-corrected chi connectivity index (χ3v) is 4.79. The minimum absolute atomic E-state index is 0.123. The van der Waals surface area contributed by atoms with Gasteiger partial charge in [-0.1, -0.05) is 25.5 Å². The molecule has 0 radical (unpaired) electrons. The van der Waals surface area contributed by atoms with Gasteiger partial charge in [-0.05, 0) is 50.3 Å². The van der Waals surface area contributed by atoms with Gasteiger partial charge in [0.1, 0.15) is 5.82 Å². The first kappa shape index (κ1) is 15.5. The first-order valence-electron chi connectivity index (χ1n) is 7.81. The smallest absolute Gasteiger partial charge is 0.128 e. The van der Waals surface area contributed by atoms with Crippen LogP contribution in [0.15, 0.2) is 18.2 Å². The summed E-state index contributed by atoms with van der Waals surface area (Å²) in [5.74, 6) is 0.780. The lowest BCUT2D eigenvalue weighted by atomic mass is 9.84. The highest BCUT2D eigenvalue weighted by molar-refractivity contribution is 5.24. The molecule has 2 N–H and O–H groups in total. The van der Waals surface area contributed by atoms with Crippen molar-refractivity contribution in [2.75, 3.05) is 7.05 Å². The topological polar surface area (TPSA) is 29.3 Å². The molecule has 0 saturated heterocycles. The van der Waals surface area contributed by atoms with Crippen LogP contribution in [-0.2, 0) is 13.1 Å². The monoisotopic (exact) mass is 278 g/mol. The number of rotatable bonds is 5. The first-order chi connectivity index (χ1) is 9.63. The van der Waals surface area contributed by atoms with Crippen LogP contribution in [0.25, 0.3) is 0 Å². The van der Waals surface area contributed by atoms with E-state index in [0.29, 0.717) is 19.1 Å². The molecule has 1 aliphatic rings. The third kappa shape index (κ3) is 3.80. The third-order valence-electron chi connectivity index (χ3n) is 4.79. The molecule has 2 nitrogen and oxygen atoms in total. The number of benzene rings is 1. The average Bonchev–Trinajstić information content (AvgIpc) is 2.49. The maximum absolute atomic E-state index is 14.0. The molecule has 2 rings (SSSR count). The Kier molecular flexibility index (Phi) is 5.55. The van der Waals surface area contributed by atoms with Crippen molar-refractivity contribution in [3.63, 3.8) is 0 Å². The Labute approximate surface area is 122 Å². The highest BCUT2D eigenvalue weighted by atomic mass is 19.1. The molecule has 112 valence electrons. The second kappa shape index (κ2) is 7.19. The lowest BCUT2D eigenvalue weighted by Crippen LogP contribution is -2.34. The standard InChI is InChI=1S/C17H27FN2/c1-3-13-5-8-16(9-6-13)20(2)12-15-7-4-14(11-19)10-17(15)18/h4,7,10,13,16H,3,5-6,8-9,11-12,19H2,1-2H3.